The highest BCUT2D eigenvalue weighted by atomic mass is 79.9. The van der Waals surface area contributed by atoms with Crippen molar-refractivity contribution in [2.24, 2.45) is 0 Å². The van der Waals surface area contributed by atoms with Crippen LogP contribution in [-0.4, -0.2) is 43.5 Å². The molecule has 0 bridgehead atoms. The molecule has 1 atom stereocenters. The van der Waals surface area contributed by atoms with Gasteiger partial charge < -0.3 is 9.84 Å². The van der Waals surface area contributed by atoms with E-state index < -0.39 is 17.7 Å². The lowest BCUT2D eigenvalue weighted by atomic mass is 10.1. The number of carboxylic acids is 1. The summed E-state index contributed by atoms with van der Waals surface area (Å²) in [5.41, 5.74) is 1.33. The Hall–Kier alpha value is -1.57. The van der Waals surface area contributed by atoms with Gasteiger partial charge in [0.25, 0.3) is 0 Å². The molecular weight excluding hydrogens is 366 g/mol. The van der Waals surface area contributed by atoms with Crippen molar-refractivity contribution >= 4 is 28.0 Å². The summed E-state index contributed by atoms with van der Waals surface area (Å²) in [6, 6.07) is -0.250. The van der Waals surface area contributed by atoms with E-state index in [1.54, 1.807) is 4.90 Å². The Morgan fingerprint density at radius 2 is 2.09 bits per heavy atom. The summed E-state index contributed by atoms with van der Waals surface area (Å²) >= 11 is 3.40. The van der Waals surface area contributed by atoms with Crippen molar-refractivity contribution in [2.45, 2.75) is 65.3 Å². The van der Waals surface area contributed by atoms with E-state index >= 15 is 0 Å². The first-order valence-electron chi connectivity index (χ1n) is 7.51. The largest absolute Gasteiger partial charge is 0.481 e. The number of ether oxygens (including phenoxy) is 1. The first kappa shape index (κ1) is 17.8. The van der Waals surface area contributed by atoms with Crippen molar-refractivity contribution in [3.05, 3.63) is 15.9 Å². The Balaban J connectivity index is 2.25. The molecule has 128 valence electrons. The highest BCUT2D eigenvalue weighted by molar-refractivity contribution is 9.10. The Bertz CT molecular complexity index is 621. The van der Waals surface area contributed by atoms with Crippen molar-refractivity contribution < 1.29 is 19.4 Å². The standard InChI is InChI=1S/C15H22BrN3O4/c1-9-11-8-18(14(22)23-15(2,3)4)10(5-6-12(20)21)7-19(11)17-13(9)16/h10H,5-8H2,1-4H3,(H,20,21). The van der Waals surface area contributed by atoms with E-state index in [0.29, 0.717) is 19.5 Å². The summed E-state index contributed by atoms with van der Waals surface area (Å²) in [6.07, 6.45) is -0.0542. The topological polar surface area (TPSA) is 84.7 Å². The molecule has 0 fully saturated rings. The fraction of sp³-hybridized carbons (Fsp3) is 0.667. The zero-order valence-electron chi connectivity index (χ0n) is 13.8. The lowest BCUT2D eigenvalue weighted by molar-refractivity contribution is -0.137. The molecule has 7 nitrogen and oxygen atoms in total. The molecule has 2 rings (SSSR count). The molecule has 0 aromatic carbocycles. The van der Waals surface area contributed by atoms with Crippen LogP contribution in [0.5, 0.6) is 0 Å². The maximum absolute atomic E-state index is 12.5. The van der Waals surface area contributed by atoms with Crippen molar-refractivity contribution in [3.63, 3.8) is 0 Å². The van der Waals surface area contributed by atoms with Gasteiger partial charge in [0, 0.05) is 12.0 Å². The van der Waals surface area contributed by atoms with E-state index in [1.165, 1.54) is 0 Å². The molecule has 1 aliphatic heterocycles. The van der Waals surface area contributed by atoms with Gasteiger partial charge in [-0.3, -0.25) is 14.4 Å². The maximum atomic E-state index is 12.5. The number of aromatic nitrogens is 2. The van der Waals surface area contributed by atoms with Gasteiger partial charge in [0.2, 0.25) is 0 Å². The summed E-state index contributed by atoms with van der Waals surface area (Å²) in [7, 11) is 0. The molecule has 0 aliphatic carbocycles. The molecule has 0 saturated carbocycles. The summed E-state index contributed by atoms with van der Waals surface area (Å²) in [6.45, 7) is 8.21. The minimum absolute atomic E-state index is 0.000713. The molecule has 1 aromatic rings. The first-order chi connectivity index (χ1) is 10.6. The van der Waals surface area contributed by atoms with E-state index in [-0.39, 0.29) is 12.5 Å². The van der Waals surface area contributed by atoms with Crippen LogP contribution in [0, 0.1) is 6.92 Å². The average Bonchev–Trinajstić information content (AvgIpc) is 2.68. The second-order valence-corrected chi connectivity index (χ2v) is 7.49. The average molecular weight is 388 g/mol. The lowest BCUT2D eigenvalue weighted by Gasteiger charge is -2.37. The molecule has 1 N–H and O–H groups in total. The number of fused-ring (bicyclic) bond motifs is 1. The number of carbonyl (C=O) groups is 2. The number of carbonyl (C=O) groups excluding carboxylic acids is 1. The smallest absolute Gasteiger partial charge is 0.410 e. The maximum Gasteiger partial charge on any atom is 0.410 e. The fourth-order valence-electron chi connectivity index (χ4n) is 2.57. The van der Waals surface area contributed by atoms with E-state index in [2.05, 4.69) is 21.0 Å². The number of hydrogen-bond donors (Lipinski definition) is 1. The number of carboxylic acid groups (broad SMARTS) is 1. The Labute approximate surface area is 143 Å². The van der Waals surface area contributed by atoms with Crippen molar-refractivity contribution in [2.75, 3.05) is 0 Å². The van der Waals surface area contributed by atoms with Crippen LogP contribution < -0.4 is 0 Å². The normalized spacial score (nSPS) is 17.8. The van der Waals surface area contributed by atoms with Crippen LogP contribution in [0.2, 0.25) is 0 Å². The zero-order chi connectivity index (χ0) is 17.4. The summed E-state index contributed by atoms with van der Waals surface area (Å²) in [4.78, 5) is 25.0. The molecule has 0 radical (unpaired) electrons. The molecule has 1 unspecified atom stereocenters. The molecule has 0 spiro atoms. The van der Waals surface area contributed by atoms with E-state index in [1.807, 2.05) is 32.4 Å². The van der Waals surface area contributed by atoms with Gasteiger partial charge in [0.1, 0.15) is 10.2 Å². The number of hydrogen-bond acceptors (Lipinski definition) is 4. The predicted octanol–water partition coefficient (Wildman–Crippen LogP) is 2.94. The number of aliphatic carboxylic acids is 1. The second-order valence-electron chi connectivity index (χ2n) is 6.74. The van der Waals surface area contributed by atoms with Crippen LogP contribution in [0.3, 0.4) is 0 Å². The third-order valence-electron chi connectivity index (χ3n) is 3.73. The monoisotopic (exact) mass is 387 g/mol. The quantitative estimate of drug-likeness (QED) is 0.861. The highest BCUT2D eigenvalue weighted by Gasteiger charge is 2.34. The van der Waals surface area contributed by atoms with E-state index in [9.17, 15) is 9.59 Å². The predicted molar refractivity (Wildman–Crippen MR) is 87.1 cm³/mol. The number of rotatable bonds is 3. The highest BCUT2D eigenvalue weighted by Crippen LogP contribution is 2.28. The molecule has 8 heteroatoms. The number of halogens is 1. The molecule has 1 amide bonds. The van der Waals surface area contributed by atoms with Gasteiger partial charge in [-0.2, -0.15) is 5.10 Å². The van der Waals surface area contributed by atoms with Crippen LogP contribution in [0.25, 0.3) is 0 Å². The van der Waals surface area contributed by atoms with Gasteiger partial charge >= 0.3 is 12.1 Å². The molecule has 0 saturated heterocycles. The Morgan fingerprint density at radius 1 is 1.43 bits per heavy atom. The summed E-state index contributed by atoms with van der Waals surface area (Å²) in [5, 5.41) is 13.3. The van der Waals surface area contributed by atoms with Gasteiger partial charge in [0.15, 0.2) is 0 Å². The minimum atomic E-state index is -0.877. The minimum Gasteiger partial charge on any atom is -0.481 e. The lowest BCUT2D eigenvalue weighted by Crippen LogP contribution is -2.48. The summed E-state index contributed by atoms with van der Waals surface area (Å²) in [5.74, 6) is -0.877. The third kappa shape index (κ3) is 4.25. The molecule has 23 heavy (non-hydrogen) atoms. The fourth-order valence-corrected chi connectivity index (χ4v) is 2.99. The SMILES string of the molecule is Cc1c(Br)nn2c1CN(C(=O)OC(C)(C)C)C(CCC(=O)O)C2. The number of nitrogens with zero attached hydrogens (tertiary/aromatic N) is 3. The van der Waals surface area contributed by atoms with E-state index in [0.717, 1.165) is 15.9 Å². The van der Waals surface area contributed by atoms with Crippen LogP contribution in [0.1, 0.15) is 44.9 Å². The van der Waals surface area contributed by atoms with Crippen LogP contribution in [0.15, 0.2) is 4.60 Å². The van der Waals surface area contributed by atoms with Crippen LogP contribution in [0.4, 0.5) is 4.79 Å². The van der Waals surface area contributed by atoms with Crippen molar-refractivity contribution in [1.29, 1.82) is 0 Å². The molecule has 2 heterocycles. The number of amides is 1. The van der Waals surface area contributed by atoms with Gasteiger partial charge in [-0.05, 0) is 50.0 Å². The molecular formula is C15H22BrN3O4. The van der Waals surface area contributed by atoms with Crippen LogP contribution >= 0.6 is 15.9 Å². The zero-order valence-corrected chi connectivity index (χ0v) is 15.4. The molecule has 1 aliphatic rings. The van der Waals surface area contributed by atoms with Crippen molar-refractivity contribution in [1.82, 2.24) is 14.7 Å². The molecule has 1 aromatic heterocycles. The van der Waals surface area contributed by atoms with Gasteiger partial charge in [-0.15, -0.1) is 0 Å². The third-order valence-corrected chi connectivity index (χ3v) is 4.48. The first-order valence-corrected chi connectivity index (χ1v) is 8.31. The second kappa shape index (κ2) is 6.51. The van der Waals surface area contributed by atoms with Crippen LogP contribution in [-0.2, 0) is 22.6 Å². The van der Waals surface area contributed by atoms with Crippen molar-refractivity contribution in [3.8, 4) is 0 Å². The summed E-state index contributed by atoms with van der Waals surface area (Å²) < 4.78 is 8.06. The Kier molecular flexibility index (Phi) is 5.03. The Morgan fingerprint density at radius 3 is 2.65 bits per heavy atom. The van der Waals surface area contributed by atoms with Gasteiger partial charge in [-0.1, -0.05) is 0 Å². The van der Waals surface area contributed by atoms with E-state index in [4.69, 9.17) is 9.84 Å². The van der Waals surface area contributed by atoms with Gasteiger partial charge in [0.05, 0.1) is 24.8 Å². The van der Waals surface area contributed by atoms with Gasteiger partial charge in [-0.25, -0.2) is 4.79 Å².